The van der Waals surface area contributed by atoms with E-state index in [0.717, 1.165) is 36.2 Å². The van der Waals surface area contributed by atoms with Crippen molar-refractivity contribution in [2.45, 2.75) is 26.2 Å². The minimum absolute atomic E-state index is 0.610. The van der Waals surface area contributed by atoms with E-state index < -0.39 is 0 Å². The molecule has 0 bridgehead atoms. The molecule has 1 aliphatic heterocycles. The highest BCUT2D eigenvalue weighted by Crippen LogP contribution is 2.22. The Hall–Kier alpha value is -2.61. The van der Waals surface area contributed by atoms with E-state index in [-0.39, 0.29) is 0 Å². The first-order chi connectivity index (χ1) is 10.8. The van der Waals surface area contributed by atoms with Gasteiger partial charge in [0.2, 0.25) is 5.95 Å². The Morgan fingerprint density at radius 1 is 1.14 bits per heavy atom. The largest absolute Gasteiger partial charge is 0.341 e. The molecule has 0 atom stereocenters. The third-order valence-corrected chi connectivity index (χ3v) is 3.79. The molecular weight excluding hydrogens is 274 g/mol. The molecule has 0 amide bonds. The molecule has 5 nitrogen and oxygen atoms in total. The van der Waals surface area contributed by atoms with E-state index in [1.165, 1.54) is 19.3 Å². The fraction of sp³-hybridized carbons (Fsp3) is 0.353. The number of aromatic nitrogens is 2. The van der Waals surface area contributed by atoms with Gasteiger partial charge in [-0.15, -0.1) is 0 Å². The number of hydrogen-bond acceptors (Lipinski definition) is 5. The molecule has 5 heteroatoms. The smallest absolute Gasteiger partial charge is 0.227 e. The second kappa shape index (κ2) is 6.44. The molecule has 2 heterocycles. The molecule has 22 heavy (non-hydrogen) atoms. The highest BCUT2D eigenvalue weighted by Gasteiger charge is 2.15. The summed E-state index contributed by atoms with van der Waals surface area (Å²) in [6.07, 6.45) is 3.66. The fourth-order valence-corrected chi connectivity index (χ4v) is 2.68. The van der Waals surface area contributed by atoms with Crippen LogP contribution >= 0.6 is 0 Å². The lowest BCUT2D eigenvalue weighted by molar-refractivity contribution is 0.568. The number of aryl methyl sites for hydroxylation is 1. The average Bonchev–Trinajstić information content (AvgIpc) is 2.56. The van der Waals surface area contributed by atoms with Gasteiger partial charge < -0.3 is 10.2 Å². The number of piperidine rings is 1. The van der Waals surface area contributed by atoms with Crippen molar-refractivity contribution in [2.24, 2.45) is 0 Å². The summed E-state index contributed by atoms with van der Waals surface area (Å²) in [5, 5.41) is 12.4. The minimum Gasteiger partial charge on any atom is -0.341 e. The Bertz CT molecular complexity index is 698. The van der Waals surface area contributed by atoms with E-state index in [0.29, 0.717) is 5.56 Å². The maximum atomic E-state index is 9.18. The molecule has 0 unspecified atom stereocenters. The van der Waals surface area contributed by atoms with Gasteiger partial charge in [0.1, 0.15) is 11.9 Å². The molecule has 1 saturated heterocycles. The van der Waals surface area contributed by atoms with Crippen LogP contribution in [0.5, 0.6) is 0 Å². The van der Waals surface area contributed by atoms with Gasteiger partial charge in [-0.1, -0.05) is 12.1 Å². The van der Waals surface area contributed by atoms with Gasteiger partial charge in [0.15, 0.2) is 0 Å². The second-order valence-electron chi connectivity index (χ2n) is 5.52. The number of nitrogens with zero attached hydrogens (tertiary/aromatic N) is 4. The predicted octanol–water partition coefficient (Wildman–Crippen LogP) is 3.39. The van der Waals surface area contributed by atoms with Crippen molar-refractivity contribution in [2.75, 3.05) is 23.3 Å². The average molecular weight is 293 g/mol. The van der Waals surface area contributed by atoms with Crippen LogP contribution in [0.2, 0.25) is 0 Å². The van der Waals surface area contributed by atoms with Gasteiger partial charge in [0.25, 0.3) is 0 Å². The summed E-state index contributed by atoms with van der Waals surface area (Å²) in [6, 6.07) is 11.5. The quantitative estimate of drug-likeness (QED) is 0.939. The number of benzene rings is 1. The number of anilines is 3. The Morgan fingerprint density at radius 3 is 2.68 bits per heavy atom. The van der Waals surface area contributed by atoms with Crippen LogP contribution in [-0.2, 0) is 0 Å². The van der Waals surface area contributed by atoms with Crippen LogP contribution < -0.4 is 10.2 Å². The molecule has 1 fully saturated rings. The van der Waals surface area contributed by atoms with E-state index in [1.54, 1.807) is 6.07 Å². The highest BCUT2D eigenvalue weighted by molar-refractivity contribution is 5.65. The van der Waals surface area contributed by atoms with E-state index in [4.69, 9.17) is 0 Å². The van der Waals surface area contributed by atoms with Crippen molar-refractivity contribution in [3.05, 3.63) is 41.6 Å². The lowest BCUT2D eigenvalue weighted by atomic mass is 10.1. The van der Waals surface area contributed by atoms with Gasteiger partial charge in [-0.2, -0.15) is 10.2 Å². The zero-order chi connectivity index (χ0) is 15.4. The lowest BCUT2D eigenvalue weighted by Crippen LogP contribution is -2.31. The van der Waals surface area contributed by atoms with Crippen molar-refractivity contribution in [1.82, 2.24) is 9.97 Å². The zero-order valence-electron chi connectivity index (χ0n) is 12.7. The van der Waals surface area contributed by atoms with Crippen LogP contribution in [0.1, 0.15) is 30.5 Å². The van der Waals surface area contributed by atoms with Crippen molar-refractivity contribution in [3.8, 4) is 6.07 Å². The molecule has 0 aliphatic carbocycles. The standard InChI is InChI=1S/C17H19N5/c1-13-11-16(20-15-8-4-3-7-14(15)12-18)21-17(19-13)22-9-5-2-6-10-22/h3-4,7-8,11H,2,5-6,9-10H2,1H3,(H,19,20,21). The van der Waals surface area contributed by atoms with E-state index in [1.807, 2.05) is 31.2 Å². The van der Waals surface area contributed by atoms with Gasteiger partial charge >= 0.3 is 0 Å². The molecule has 3 rings (SSSR count). The number of hydrogen-bond donors (Lipinski definition) is 1. The zero-order valence-corrected chi connectivity index (χ0v) is 12.7. The van der Waals surface area contributed by atoms with Crippen molar-refractivity contribution < 1.29 is 0 Å². The van der Waals surface area contributed by atoms with Crippen LogP contribution in [0.3, 0.4) is 0 Å². The van der Waals surface area contributed by atoms with E-state index >= 15 is 0 Å². The Balaban J connectivity index is 1.88. The summed E-state index contributed by atoms with van der Waals surface area (Å²) in [6.45, 7) is 3.99. The summed E-state index contributed by atoms with van der Waals surface area (Å²) >= 11 is 0. The molecule has 1 aromatic carbocycles. The van der Waals surface area contributed by atoms with Crippen molar-refractivity contribution >= 4 is 17.5 Å². The molecule has 112 valence electrons. The summed E-state index contributed by atoms with van der Waals surface area (Å²) < 4.78 is 0. The van der Waals surface area contributed by atoms with Gasteiger partial charge in [0.05, 0.1) is 11.3 Å². The summed E-state index contributed by atoms with van der Waals surface area (Å²) in [5.41, 5.74) is 2.30. The molecule has 0 saturated carbocycles. The van der Waals surface area contributed by atoms with Gasteiger partial charge in [-0.05, 0) is 38.3 Å². The fourth-order valence-electron chi connectivity index (χ4n) is 2.68. The molecule has 1 aromatic heterocycles. The van der Waals surface area contributed by atoms with Gasteiger partial charge in [0, 0.05) is 24.8 Å². The monoisotopic (exact) mass is 293 g/mol. The second-order valence-corrected chi connectivity index (χ2v) is 5.52. The van der Waals surface area contributed by atoms with E-state index in [9.17, 15) is 5.26 Å². The Kier molecular flexibility index (Phi) is 4.19. The molecular formula is C17H19N5. The lowest BCUT2D eigenvalue weighted by Gasteiger charge is -2.27. The first-order valence-electron chi connectivity index (χ1n) is 7.63. The first kappa shape index (κ1) is 14.3. The number of nitrogens with one attached hydrogen (secondary N) is 1. The molecule has 0 spiro atoms. The molecule has 1 aliphatic rings. The molecule has 0 radical (unpaired) electrons. The van der Waals surface area contributed by atoms with Crippen LogP contribution in [0.25, 0.3) is 0 Å². The first-order valence-corrected chi connectivity index (χ1v) is 7.63. The third-order valence-electron chi connectivity index (χ3n) is 3.79. The minimum atomic E-state index is 0.610. The van der Waals surface area contributed by atoms with Crippen molar-refractivity contribution in [1.29, 1.82) is 5.26 Å². The van der Waals surface area contributed by atoms with Gasteiger partial charge in [-0.25, -0.2) is 4.98 Å². The third kappa shape index (κ3) is 3.17. The van der Waals surface area contributed by atoms with Crippen LogP contribution in [0.15, 0.2) is 30.3 Å². The molecule has 2 aromatic rings. The normalized spacial score (nSPS) is 14.5. The predicted molar refractivity (Wildman–Crippen MR) is 87.3 cm³/mol. The maximum Gasteiger partial charge on any atom is 0.227 e. The van der Waals surface area contributed by atoms with Crippen LogP contribution in [0, 0.1) is 18.3 Å². The van der Waals surface area contributed by atoms with E-state index in [2.05, 4.69) is 26.3 Å². The van der Waals surface area contributed by atoms with Crippen LogP contribution in [-0.4, -0.2) is 23.1 Å². The molecule has 1 N–H and O–H groups in total. The highest BCUT2D eigenvalue weighted by atomic mass is 15.3. The maximum absolute atomic E-state index is 9.18. The topological polar surface area (TPSA) is 64.8 Å². The van der Waals surface area contributed by atoms with Gasteiger partial charge in [-0.3, -0.25) is 0 Å². The summed E-state index contributed by atoms with van der Waals surface area (Å²) in [7, 11) is 0. The number of rotatable bonds is 3. The SMILES string of the molecule is Cc1cc(Nc2ccccc2C#N)nc(N2CCCCC2)n1. The Morgan fingerprint density at radius 2 is 1.91 bits per heavy atom. The Labute approximate surface area is 130 Å². The van der Waals surface area contributed by atoms with Crippen LogP contribution in [0.4, 0.5) is 17.5 Å². The summed E-state index contributed by atoms with van der Waals surface area (Å²) in [5.74, 6) is 1.51. The number of nitriles is 1. The number of para-hydroxylation sites is 1. The van der Waals surface area contributed by atoms with Crippen molar-refractivity contribution in [3.63, 3.8) is 0 Å². The summed E-state index contributed by atoms with van der Waals surface area (Å²) in [4.78, 5) is 11.4.